The van der Waals surface area contributed by atoms with Crippen LogP contribution in [-0.4, -0.2) is 19.5 Å². The number of nitrogens with zero attached hydrogens (tertiary/aromatic N) is 6. The molecule has 0 N–H and O–H groups in total. The first-order valence-electron chi connectivity index (χ1n) is 20.0. The third kappa shape index (κ3) is 4.99. The molecule has 3 heterocycles. The zero-order valence-electron chi connectivity index (χ0n) is 32.4. The largest absolute Gasteiger partial charge is 0.310 e. The number of para-hydroxylation sites is 1. The van der Waals surface area contributed by atoms with Crippen LogP contribution < -0.4 is 0 Å². The molecule has 0 unspecified atom stereocenters. The minimum absolute atomic E-state index is 0.272. The van der Waals surface area contributed by atoms with Gasteiger partial charge in [-0.25, -0.2) is 19.8 Å². The zero-order valence-corrected chi connectivity index (χ0v) is 33.2. The molecule has 282 valence electrons. The van der Waals surface area contributed by atoms with Crippen molar-refractivity contribution in [3.05, 3.63) is 221 Å². The van der Waals surface area contributed by atoms with Crippen LogP contribution in [0.25, 0.3) is 77.6 Å². The number of aromatic nitrogens is 4. The minimum Gasteiger partial charge on any atom is -0.310 e. The van der Waals surface area contributed by atoms with Gasteiger partial charge >= 0.3 is 0 Å². The number of benzene rings is 8. The normalized spacial score (nSPS) is 13.0. The first kappa shape index (κ1) is 34.9. The first-order valence-corrected chi connectivity index (χ1v) is 20.9. The molecule has 0 saturated carbocycles. The lowest BCUT2D eigenvalue weighted by Crippen LogP contribution is -2.32. The number of hydrogen-bond acceptors (Lipinski definition) is 5. The van der Waals surface area contributed by atoms with Crippen LogP contribution in [0.5, 0.6) is 0 Å². The summed E-state index contributed by atoms with van der Waals surface area (Å²) in [7, 11) is 0. The van der Waals surface area contributed by atoms with Crippen molar-refractivity contribution in [3.63, 3.8) is 0 Å². The Labute approximate surface area is 355 Å². The first-order chi connectivity index (χ1) is 30.2. The highest BCUT2D eigenvalue weighted by atomic mass is 32.2. The van der Waals surface area contributed by atoms with E-state index in [2.05, 4.69) is 125 Å². The topological polar surface area (TPSA) is 71.8 Å². The Bertz CT molecular complexity index is 3400. The van der Waals surface area contributed by atoms with Gasteiger partial charge in [-0.1, -0.05) is 157 Å². The molecular formula is C54H30N6S. The maximum absolute atomic E-state index is 11.0. The lowest BCUT2D eigenvalue weighted by Gasteiger charge is -2.40. The molecule has 0 amide bonds. The zero-order chi connectivity index (χ0) is 40.7. The van der Waals surface area contributed by atoms with Crippen LogP contribution in [-0.2, 0) is 5.41 Å². The SMILES string of the molecule is [C-]#[N+]c1cc(-n2c3ccccc3c3c4c(ccc32)-c2ccccc2C42c3ccccc3Sc3ccccc32)cc(C#N)c1-c1nc(-c2ccccc2)nc(-c2ccccc2)n1. The van der Waals surface area contributed by atoms with Crippen LogP contribution in [0.2, 0.25) is 0 Å². The molecule has 2 aliphatic rings. The Balaban J connectivity index is 1.14. The van der Waals surface area contributed by atoms with Crippen molar-refractivity contribution in [2.75, 3.05) is 0 Å². The summed E-state index contributed by atoms with van der Waals surface area (Å²) in [6.07, 6.45) is 0. The van der Waals surface area contributed by atoms with Crippen molar-refractivity contribution in [2.24, 2.45) is 0 Å². The second-order valence-corrected chi connectivity index (χ2v) is 16.4. The second kappa shape index (κ2) is 13.5. The van der Waals surface area contributed by atoms with E-state index in [-0.39, 0.29) is 11.5 Å². The summed E-state index contributed by atoms with van der Waals surface area (Å²) in [5.41, 5.74) is 12.1. The minimum atomic E-state index is -0.590. The predicted molar refractivity (Wildman–Crippen MR) is 243 cm³/mol. The molecule has 0 saturated heterocycles. The van der Waals surface area contributed by atoms with Gasteiger partial charge in [-0.15, -0.1) is 0 Å². The summed E-state index contributed by atoms with van der Waals surface area (Å²) in [4.78, 5) is 21.3. The van der Waals surface area contributed by atoms with Gasteiger partial charge in [0, 0.05) is 42.9 Å². The average Bonchev–Trinajstić information content (AvgIpc) is 3.82. The van der Waals surface area contributed by atoms with E-state index in [0.717, 1.165) is 32.9 Å². The van der Waals surface area contributed by atoms with Crippen molar-refractivity contribution >= 4 is 39.3 Å². The molecular weight excluding hydrogens is 765 g/mol. The number of fused-ring (bicyclic) bond motifs is 13. The molecule has 7 heteroatoms. The van der Waals surface area contributed by atoms with Crippen LogP contribution in [0, 0.1) is 17.9 Å². The highest BCUT2D eigenvalue weighted by molar-refractivity contribution is 7.99. The monoisotopic (exact) mass is 794 g/mol. The van der Waals surface area contributed by atoms with Gasteiger partial charge in [-0.2, -0.15) is 5.26 Å². The molecule has 1 spiro atoms. The van der Waals surface area contributed by atoms with Gasteiger partial charge in [0.1, 0.15) is 0 Å². The molecule has 8 aromatic carbocycles. The highest BCUT2D eigenvalue weighted by Gasteiger charge is 2.51. The predicted octanol–water partition coefficient (Wildman–Crippen LogP) is 13.2. The Kier molecular flexibility index (Phi) is 7.71. The maximum atomic E-state index is 11.0. The smallest absolute Gasteiger partial charge is 0.201 e. The van der Waals surface area contributed by atoms with Crippen LogP contribution in [0.15, 0.2) is 192 Å². The summed E-state index contributed by atoms with van der Waals surface area (Å²) in [6.45, 7) is 8.56. The molecule has 0 fully saturated rings. The van der Waals surface area contributed by atoms with Crippen LogP contribution in [0.3, 0.4) is 0 Å². The molecule has 6 nitrogen and oxygen atoms in total. The molecule has 1 aliphatic carbocycles. The Morgan fingerprint density at radius 3 is 1.79 bits per heavy atom. The van der Waals surface area contributed by atoms with Gasteiger partial charge in [0.25, 0.3) is 0 Å². The molecule has 12 rings (SSSR count). The van der Waals surface area contributed by atoms with Gasteiger partial charge in [0.05, 0.1) is 34.7 Å². The van der Waals surface area contributed by atoms with Gasteiger partial charge in [0.15, 0.2) is 17.5 Å². The van der Waals surface area contributed by atoms with Gasteiger partial charge in [0.2, 0.25) is 5.69 Å². The summed E-state index contributed by atoms with van der Waals surface area (Å²) in [5.74, 6) is 1.20. The number of hydrogen-bond donors (Lipinski definition) is 0. The van der Waals surface area contributed by atoms with E-state index in [1.807, 2.05) is 84.6 Å². The average molecular weight is 795 g/mol. The molecule has 0 bridgehead atoms. The van der Waals surface area contributed by atoms with Crippen LogP contribution in [0.1, 0.15) is 27.8 Å². The third-order valence-electron chi connectivity index (χ3n) is 12.2. The summed E-state index contributed by atoms with van der Waals surface area (Å²) >= 11 is 1.83. The van der Waals surface area contributed by atoms with E-state index in [1.165, 1.54) is 43.2 Å². The molecule has 0 radical (unpaired) electrons. The second-order valence-electron chi connectivity index (χ2n) is 15.3. The van der Waals surface area contributed by atoms with Crippen molar-refractivity contribution in [2.45, 2.75) is 15.2 Å². The maximum Gasteiger partial charge on any atom is 0.201 e. The van der Waals surface area contributed by atoms with Gasteiger partial charge < -0.3 is 4.57 Å². The molecule has 0 atom stereocenters. The van der Waals surface area contributed by atoms with E-state index < -0.39 is 5.41 Å². The highest BCUT2D eigenvalue weighted by Crippen LogP contribution is 2.64. The summed E-state index contributed by atoms with van der Waals surface area (Å²) < 4.78 is 2.22. The fourth-order valence-electron chi connectivity index (χ4n) is 9.76. The van der Waals surface area contributed by atoms with Gasteiger partial charge in [-0.3, -0.25) is 0 Å². The molecule has 61 heavy (non-hydrogen) atoms. The Morgan fingerprint density at radius 1 is 0.557 bits per heavy atom. The quantitative estimate of drug-likeness (QED) is 0.166. The van der Waals surface area contributed by atoms with Crippen molar-refractivity contribution in [3.8, 4) is 57.0 Å². The van der Waals surface area contributed by atoms with E-state index >= 15 is 0 Å². The lowest BCUT2D eigenvalue weighted by atomic mass is 9.66. The van der Waals surface area contributed by atoms with E-state index in [9.17, 15) is 5.26 Å². The molecule has 1 aliphatic heterocycles. The summed E-state index contributed by atoms with van der Waals surface area (Å²) in [6, 6.07) is 65.2. The van der Waals surface area contributed by atoms with Crippen molar-refractivity contribution in [1.82, 2.24) is 19.5 Å². The van der Waals surface area contributed by atoms with Crippen LogP contribution >= 0.6 is 11.8 Å². The number of rotatable bonds is 4. The fraction of sp³-hybridized carbons (Fsp3) is 0.0185. The number of nitriles is 1. The van der Waals surface area contributed by atoms with E-state index in [0.29, 0.717) is 28.5 Å². The van der Waals surface area contributed by atoms with Crippen molar-refractivity contribution < 1.29 is 0 Å². The summed E-state index contributed by atoms with van der Waals surface area (Å²) in [5, 5.41) is 13.2. The van der Waals surface area contributed by atoms with Crippen molar-refractivity contribution in [1.29, 1.82) is 5.26 Å². The Hall–Kier alpha value is -8.10. The fourth-order valence-corrected chi connectivity index (χ4v) is 11.0. The standard InChI is InChI=1S/C54H30N6S/c1-56-43-31-36(30-35(32-55)48(43)53-58-51(33-16-4-2-5-17-33)57-52(59-53)34-18-6-3-7-19-34)60-44-25-13-9-21-39(44)49-45(60)29-28-38-37-20-8-10-22-40(37)54(50(38)49)41-23-11-14-26-46(41)61-47-27-15-12-24-42(47)54/h2-31H. The van der Waals surface area contributed by atoms with Crippen LogP contribution in [0.4, 0.5) is 5.69 Å². The lowest BCUT2D eigenvalue weighted by molar-refractivity contribution is 0.728. The van der Waals surface area contributed by atoms with Gasteiger partial charge in [-0.05, 0) is 69.8 Å². The third-order valence-corrected chi connectivity index (χ3v) is 13.3. The molecule has 10 aromatic rings. The van der Waals surface area contributed by atoms with E-state index in [1.54, 1.807) is 0 Å². The molecule has 2 aromatic heterocycles. The Morgan fingerprint density at radius 2 is 1.13 bits per heavy atom. The van der Waals surface area contributed by atoms with E-state index in [4.69, 9.17) is 21.5 Å².